The van der Waals surface area contributed by atoms with Gasteiger partial charge in [0.1, 0.15) is 0 Å². The molecular formula is C9H8BrFO3. The van der Waals surface area contributed by atoms with Crippen LogP contribution in [0.1, 0.15) is 10.4 Å². The van der Waals surface area contributed by atoms with Crippen molar-refractivity contribution in [2.24, 2.45) is 0 Å². The number of rotatable bonds is 3. The summed E-state index contributed by atoms with van der Waals surface area (Å²) >= 11 is 2.98. The Morgan fingerprint density at radius 2 is 2.29 bits per heavy atom. The maximum atomic E-state index is 13.1. The molecule has 0 aliphatic rings. The molecule has 0 fully saturated rings. The van der Waals surface area contributed by atoms with E-state index in [9.17, 15) is 9.18 Å². The lowest BCUT2D eigenvalue weighted by molar-refractivity contribution is 0.102. The number of aromatic hydroxyl groups is 1. The Morgan fingerprint density at radius 3 is 2.79 bits per heavy atom. The lowest BCUT2D eigenvalue weighted by Gasteiger charge is -2.05. The number of carbonyl (C=O) groups is 1. The second-order valence-corrected chi connectivity index (χ2v) is 3.13. The van der Waals surface area contributed by atoms with Crippen LogP contribution in [-0.2, 0) is 0 Å². The van der Waals surface area contributed by atoms with Crippen molar-refractivity contribution in [1.29, 1.82) is 0 Å². The Balaban J connectivity index is 3.22. The van der Waals surface area contributed by atoms with Crippen molar-refractivity contribution in [3.63, 3.8) is 0 Å². The van der Waals surface area contributed by atoms with Crippen molar-refractivity contribution in [1.82, 2.24) is 0 Å². The van der Waals surface area contributed by atoms with Gasteiger partial charge in [0, 0.05) is 5.56 Å². The van der Waals surface area contributed by atoms with Crippen LogP contribution in [0.3, 0.4) is 0 Å². The molecule has 0 heterocycles. The van der Waals surface area contributed by atoms with Crippen LogP contribution >= 0.6 is 15.9 Å². The van der Waals surface area contributed by atoms with Gasteiger partial charge in [-0.05, 0) is 12.1 Å². The van der Waals surface area contributed by atoms with Gasteiger partial charge in [-0.25, -0.2) is 0 Å². The molecule has 0 saturated carbocycles. The monoisotopic (exact) mass is 262 g/mol. The molecule has 0 amide bonds. The van der Waals surface area contributed by atoms with Crippen LogP contribution in [0.5, 0.6) is 11.5 Å². The number of halogens is 2. The van der Waals surface area contributed by atoms with E-state index >= 15 is 0 Å². The van der Waals surface area contributed by atoms with Crippen LogP contribution < -0.4 is 4.74 Å². The molecule has 14 heavy (non-hydrogen) atoms. The van der Waals surface area contributed by atoms with E-state index < -0.39 is 11.6 Å². The zero-order valence-electron chi connectivity index (χ0n) is 7.38. The molecule has 1 aromatic rings. The Morgan fingerprint density at radius 1 is 1.64 bits per heavy atom. The molecule has 76 valence electrons. The summed E-state index contributed by atoms with van der Waals surface area (Å²) in [5.74, 6) is -1.85. The Kier molecular flexibility index (Phi) is 3.46. The number of hydrogen-bond acceptors (Lipinski definition) is 3. The van der Waals surface area contributed by atoms with Gasteiger partial charge in [-0.1, -0.05) is 15.9 Å². The number of ether oxygens (including phenoxy) is 1. The number of ketones is 1. The van der Waals surface area contributed by atoms with Gasteiger partial charge in [0.05, 0.1) is 12.4 Å². The first-order valence-corrected chi connectivity index (χ1v) is 4.88. The first-order chi connectivity index (χ1) is 6.60. The molecule has 0 aliphatic heterocycles. The summed E-state index contributed by atoms with van der Waals surface area (Å²) in [6, 6.07) is 2.32. The van der Waals surface area contributed by atoms with Crippen LogP contribution in [0.25, 0.3) is 0 Å². The number of phenolic OH excluding ortho intramolecular Hbond substituents is 1. The first kappa shape index (κ1) is 11.0. The van der Waals surface area contributed by atoms with Gasteiger partial charge in [0.15, 0.2) is 17.3 Å². The largest absolute Gasteiger partial charge is 0.505 e. The SMILES string of the molecule is COc1cc(C(=O)CBr)cc(O)c1F. The predicted octanol–water partition coefficient (Wildman–Crippen LogP) is 2.12. The first-order valence-electron chi connectivity index (χ1n) is 3.75. The molecule has 5 heteroatoms. The normalized spacial score (nSPS) is 9.93. The molecule has 1 N–H and O–H groups in total. The van der Waals surface area contributed by atoms with Crippen molar-refractivity contribution in [2.75, 3.05) is 12.4 Å². The summed E-state index contributed by atoms with van der Waals surface area (Å²) in [5, 5.41) is 9.25. The van der Waals surface area contributed by atoms with Crippen LogP contribution in [-0.4, -0.2) is 23.3 Å². The maximum Gasteiger partial charge on any atom is 0.206 e. The lowest BCUT2D eigenvalue weighted by atomic mass is 10.1. The summed E-state index contributed by atoms with van der Waals surface area (Å²) < 4.78 is 17.7. The number of methoxy groups -OCH3 is 1. The average Bonchev–Trinajstić information content (AvgIpc) is 2.20. The number of benzene rings is 1. The third-order valence-electron chi connectivity index (χ3n) is 1.68. The summed E-state index contributed by atoms with van der Waals surface area (Å²) in [6.07, 6.45) is 0. The minimum absolute atomic E-state index is 0.112. The highest BCUT2D eigenvalue weighted by atomic mass is 79.9. The molecule has 0 radical (unpaired) electrons. The van der Waals surface area contributed by atoms with E-state index in [0.717, 1.165) is 6.07 Å². The predicted molar refractivity (Wildman–Crippen MR) is 52.7 cm³/mol. The van der Waals surface area contributed by atoms with E-state index in [0.29, 0.717) is 0 Å². The van der Waals surface area contributed by atoms with E-state index in [-0.39, 0.29) is 22.4 Å². The molecule has 3 nitrogen and oxygen atoms in total. The smallest absolute Gasteiger partial charge is 0.206 e. The fourth-order valence-electron chi connectivity index (χ4n) is 0.970. The standard InChI is InChI=1S/C9H8BrFO3/c1-14-8-3-5(7(13)4-10)2-6(12)9(8)11/h2-3,12H,4H2,1H3. The van der Waals surface area contributed by atoms with Gasteiger partial charge < -0.3 is 9.84 Å². The molecule has 0 aromatic heterocycles. The number of phenols is 1. The third kappa shape index (κ3) is 2.04. The second kappa shape index (κ2) is 4.41. The van der Waals surface area contributed by atoms with Crippen LogP contribution in [0.2, 0.25) is 0 Å². The van der Waals surface area contributed by atoms with E-state index in [4.69, 9.17) is 5.11 Å². The van der Waals surface area contributed by atoms with Crippen molar-refractivity contribution >= 4 is 21.7 Å². The number of alkyl halides is 1. The minimum Gasteiger partial charge on any atom is -0.505 e. The second-order valence-electron chi connectivity index (χ2n) is 2.57. The van der Waals surface area contributed by atoms with E-state index in [1.807, 2.05) is 0 Å². The summed E-state index contributed by atoms with van der Waals surface area (Å²) in [5.41, 5.74) is 0.206. The van der Waals surface area contributed by atoms with Gasteiger partial charge in [-0.15, -0.1) is 0 Å². The van der Waals surface area contributed by atoms with E-state index in [1.54, 1.807) is 0 Å². The van der Waals surface area contributed by atoms with E-state index in [2.05, 4.69) is 20.7 Å². The highest BCUT2D eigenvalue weighted by Crippen LogP contribution is 2.27. The van der Waals surface area contributed by atoms with Gasteiger partial charge >= 0.3 is 0 Å². The molecule has 0 atom stereocenters. The molecule has 0 spiro atoms. The third-order valence-corrected chi connectivity index (χ3v) is 2.19. The topological polar surface area (TPSA) is 46.5 Å². The van der Waals surface area contributed by atoms with Crippen molar-refractivity contribution < 1.29 is 19.0 Å². The highest BCUT2D eigenvalue weighted by molar-refractivity contribution is 9.09. The van der Waals surface area contributed by atoms with Crippen molar-refractivity contribution in [3.05, 3.63) is 23.5 Å². The zero-order chi connectivity index (χ0) is 10.7. The Labute approximate surface area is 88.6 Å². The molecule has 0 unspecified atom stereocenters. The fourth-order valence-corrected chi connectivity index (χ4v) is 1.29. The molecule has 1 rings (SSSR count). The number of hydrogen-bond donors (Lipinski definition) is 1. The quantitative estimate of drug-likeness (QED) is 0.671. The Hall–Kier alpha value is -1.10. The van der Waals surface area contributed by atoms with Gasteiger partial charge in [-0.2, -0.15) is 4.39 Å². The average molecular weight is 263 g/mol. The molecular weight excluding hydrogens is 255 g/mol. The fraction of sp³-hybridized carbons (Fsp3) is 0.222. The number of carbonyl (C=O) groups excluding carboxylic acids is 1. The highest BCUT2D eigenvalue weighted by Gasteiger charge is 2.13. The van der Waals surface area contributed by atoms with E-state index in [1.165, 1.54) is 13.2 Å². The van der Waals surface area contributed by atoms with Crippen molar-refractivity contribution in [2.45, 2.75) is 0 Å². The minimum atomic E-state index is -0.862. The Bertz CT molecular complexity index is 365. The zero-order valence-corrected chi connectivity index (χ0v) is 8.97. The maximum absolute atomic E-state index is 13.1. The molecule has 0 bridgehead atoms. The lowest BCUT2D eigenvalue weighted by Crippen LogP contribution is -2.01. The summed E-state index contributed by atoms with van der Waals surface area (Å²) in [7, 11) is 1.26. The number of Topliss-reactive ketones (excluding diaryl/α,β-unsaturated/α-hetero) is 1. The summed E-state index contributed by atoms with van der Waals surface area (Å²) in [4.78, 5) is 11.2. The molecule has 0 aliphatic carbocycles. The molecule has 0 saturated heterocycles. The van der Waals surface area contributed by atoms with Crippen LogP contribution in [0.15, 0.2) is 12.1 Å². The van der Waals surface area contributed by atoms with Crippen LogP contribution in [0.4, 0.5) is 4.39 Å². The molecule has 1 aromatic carbocycles. The summed E-state index contributed by atoms with van der Waals surface area (Å²) in [6.45, 7) is 0. The van der Waals surface area contributed by atoms with Gasteiger partial charge in [0.2, 0.25) is 5.82 Å². The van der Waals surface area contributed by atoms with Gasteiger partial charge in [0.25, 0.3) is 0 Å². The van der Waals surface area contributed by atoms with Gasteiger partial charge in [-0.3, -0.25) is 4.79 Å². The van der Waals surface area contributed by atoms with Crippen LogP contribution in [0, 0.1) is 5.82 Å². The van der Waals surface area contributed by atoms with Crippen molar-refractivity contribution in [3.8, 4) is 11.5 Å².